The van der Waals surface area contributed by atoms with Crippen molar-refractivity contribution in [2.75, 3.05) is 13.1 Å². The summed E-state index contributed by atoms with van der Waals surface area (Å²) in [6, 6.07) is 33.9. The Balaban J connectivity index is 1.95. The monoisotopic (exact) mass is 394 g/mol. The number of hydrogen-bond acceptors (Lipinski definition) is 3. The number of benzene rings is 3. The number of hydrogen-bond donors (Lipinski definition) is 1. The molecule has 1 atom stereocenters. The third-order valence-corrected chi connectivity index (χ3v) is 5.98. The average Bonchev–Trinajstić information content (AvgIpc) is 2.82. The summed E-state index contributed by atoms with van der Waals surface area (Å²) in [6.07, 6.45) is 2.36. The summed E-state index contributed by atoms with van der Waals surface area (Å²) in [7, 11) is 0. The molecule has 4 rings (SSSR count). The highest BCUT2D eigenvalue weighted by molar-refractivity contribution is 5.50. The maximum Gasteiger partial charge on any atom is 0.0975 e. The van der Waals surface area contributed by atoms with Crippen LogP contribution in [0.5, 0.6) is 0 Å². The molecule has 1 heterocycles. The Morgan fingerprint density at radius 2 is 1.33 bits per heavy atom. The van der Waals surface area contributed by atoms with Gasteiger partial charge in [-0.1, -0.05) is 97.1 Å². The van der Waals surface area contributed by atoms with E-state index in [0.29, 0.717) is 19.4 Å². The molecule has 1 unspecified atom stereocenters. The minimum atomic E-state index is -0.491. The molecule has 1 saturated heterocycles. The van der Waals surface area contributed by atoms with Gasteiger partial charge in [0.15, 0.2) is 0 Å². The summed E-state index contributed by atoms with van der Waals surface area (Å²) in [4.78, 5) is 2.45. The van der Waals surface area contributed by atoms with Crippen LogP contribution in [0.4, 0.5) is 0 Å². The van der Waals surface area contributed by atoms with Crippen LogP contribution in [-0.4, -0.2) is 29.2 Å². The van der Waals surface area contributed by atoms with Crippen LogP contribution in [0.1, 0.15) is 29.5 Å². The van der Waals surface area contributed by atoms with Gasteiger partial charge >= 0.3 is 0 Å². The van der Waals surface area contributed by atoms with Gasteiger partial charge in [-0.2, -0.15) is 5.26 Å². The van der Waals surface area contributed by atoms with E-state index in [2.05, 4.69) is 83.8 Å². The van der Waals surface area contributed by atoms with Gasteiger partial charge in [0.1, 0.15) is 0 Å². The largest absolute Gasteiger partial charge is 0.389 e. The average molecular weight is 395 g/mol. The highest BCUT2D eigenvalue weighted by atomic mass is 16.3. The molecule has 150 valence electrons. The minimum absolute atomic E-state index is 0.315. The van der Waals surface area contributed by atoms with Crippen LogP contribution in [0.2, 0.25) is 0 Å². The first-order valence-corrected chi connectivity index (χ1v) is 10.4. The van der Waals surface area contributed by atoms with E-state index in [0.717, 1.165) is 12.1 Å². The lowest BCUT2D eigenvalue weighted by Crippen LogP contribution is -2.52. The molecular weight excluding hydrogens is 368 g/mol. The van der Waals surface area contributed by atoms with E-state index in [9.17, 15) is 5.11 Å². The first kappa shape index (κ1) is 20.1. The zero-order valence-electron chi connectivity index (χ0n) is 17.0. The van der Waals surface area contributed by atoms with E-state index in [1.165, 1.54) is 16.7 Å². The molecule has 3 aromatic rings. The SMILES string of the molecule is N#CCC=C1CN(C(c2ccccc2)(c2ccccc2)c2ccccc2)CCC1O. The summed E-state index contributed by atoms with van der Waals surface area (Å²) < 4.78 is 0. The lowest BCUT2D eigenvalue weighted by atomic mass is 9.74. The number of allylic oxidation sites excluding steroid dienone is 1. The van der Waals surface area contributed by atoms with Gasteiger partial charge in [-0.3, -0.25) is 4.90 Å². The van der Waals surface area contributed by atoms with Crippen molar-refractivity contribution >= 4 is 0 Å². The summed E-state index contributed by atoms with van der Waals surface area (Å²) >= 11 is 0. The Labute approximate surface area is 178 Å². The molecule has 3 aromatic carbocycles. The second-order valence-electron chi connectivity index (χ2n) is 7.68. The first-order chi connectivity index (χ1) is 14.8. The van der Waals surface area contributed by atoms with E-state index in [1.807, 2.05) is 24.3 Å². The van der Waals surface area contributed by atoms with Gasteiger partial charge < -0.3 is 5.11 Å². The van der Waals surface area contributed by atoms with Crippen molar-refractivity contribution in [3.63, 3.8) is 0 Å². The molecule has 0 bridgehead atoms. The van der Waals surface area contributed by atoms with E-state index in [1.54, 1.807) is 0 Å². The number of aliphatic hydroxyl groups excluding tert-OH is 1. The van der Waals surface area contributed by atoms with Crippen LogP contribution in [0.15, 0.2) is 103 Å². The molecule has 0 amide bonds. The maximum atomic E-state index is 10.6. The summed E-state index contributed by atoms with van der Waals surface area (Å²) in [5.41, 5.74) is 4.01. The van der Waals surface area contributed by atoms with Gasteiger partial charge in [-0.25, -0.2) is 0 Å². The molecular formula is C27H26N2O. The molecule has 3 nitrogen and oxygen atoms in total. The van der Waals surface area contributed by atoms with E-state index >= 15 is 0 Å². The molecule has 0 aromatic heterocycles. The van der Waals surface area contributed by atoms with Crippen molar-refractivity contribution < 1.29 is 5.11 Å². The van der Waals surface area contributed by atoms with Gasteiger partial charge in [0.2, 0.25) is 0 Å². The fourth-order valence-electron chi connectivity index (χ4n) is 4.62. The Kier molecular flexibility index (Phi) is 6.09. The van der Waals surface area contributed by atoms with Gasteiger partial charge in [-0.05, 0) is 28.7 Å². The fraction of sp³-hybridized carbons (Fsp3) is 0.222. The molecule has 1 aliphatic rings. The van der Waals surface area contributed by atoms with Crippen LogP contribution in [0.25, 0.3) is 0 Å². The maximum absolute atomic E-state index is 10.6. The first-order valence-electron chi connectivity index (χ1n) is 10.4. The smallest absolute Gasteiger partial charge is 0.0975 e. The standard InChI is InChI=1S/C27H26N2O/c28-19-10-11-22-21-29(20-18-26(22)30)27(23-12-4-1-5-13-23,24-14-6-2-7-15-24)25-16-8-3-9-17-25/h1-9,11-17,26,30H,10,18,20-21H2. The highest BCUT2D eigenvalue weighted by Gasteiger charge is 2.44. The highest BCUT2D eigenvalue weighted by Crippen LogP contribution is 2.44. The molecule has 0 spiro atoms. The number of piperidine rings is 1. The van der Waals surface area contributed by atoms with Gasteiger partial charge in [-0.15, -0.1) is 0 Å². The molecule has 3 heteroatoms. The minimum Gasteiger partial charge on any atom is -0.389 e. The van der Waals surface area contributed by atoms with E-state index in [-0.39, 0.29) is 0 Å². The summed E-state index contributed by atoms with van der Waals surface area (Å²) in [5, 5.41) is 19.6. The topological polar surface area (TPSA) is 47.3 Å². The lowest BCUT2D eigenvalue weighted by molar-refractivity contribution is 0.0858. The van der Waals surface area contributed by atoms with Crippen molar-refractivity contribution in [2.45, 2.75) is 24.5 Å². The van der Waals surface area contributed by atoms with Crippen LogP contribution in [0.3, 0.4) is 0 Å². The Hall–Kier alpha value is -3.19. The normalized spacial score (nSPS) is 18.8. The number of likely N-dealkylation sites (tertiary alicyclic amines) is 1. The van der Waals surface area contributed by atoms with E-state index in [4.69, 9.17) is 5.26 Å². The summed E-state index contributed by atoms with van der Waals surface area (Å²) in [5.74, 6) is 0. The Morgan fingerprint density at radius 3 is 1.77 bits per heavy atom. The number of nitrogens with zero attached hydrogens (tertiary/aromatic N) is 2. The lowest BCUT2D eigenvalue weighted by Gasteiger charge is -2.48. The zero-order chi connectivity index (χ0) is 20.8. The second kappa shape index (κ2) is 9.09. The van der Waals surface area contributed by atoms with Gasteiger partial charge in [0.25, 0.3) is 0 Å². The van der Waals surface area contributed by atoms with Crippen LogP contribution < -0.4 is 0 Å². The molecule has 30 heavy (non-hydrogen) atoms. The predicted octanol–water partition coefficient (Wildman–Crippen LogP) is 4.89. The fourth-order valence-corrected chi connectivity index (χ4v) is 4.62. The van der Waals surface area contributed by atoms with Crippen LogP contribution in [-0.2, 0) is 5.54 Å². The third kappa shape index (κ3) is 3.68. The quantitative estimate of drug-likeness (QED) is 0.495. The van der Waals surface area contributed by atoms with Crippen molar-refractivity contribution in [2.24, 2.45) is 0 Å². The number of aliphatic hydroxyl groups is 1. The van der Waals surface area contributed by atoms with Crippen molar-refractivity contribution in [3.05, 3.63) is 119 Å². The molecule has 0 saturated carbocycles. The predicted molar refractivity (Wildman–Crippen MR) is 120 cm³/mol. The van der Waals surface area contributed by atoms with E-state index < -0.39 is 11.6 Å². The number of nitriles is 1. The van der Waals surface area contributed by atoms with Crippen molar-refractivity contribution in [1.29, 1.82) is 5.26 Å². The Bertz CT molecular complexity index is 926. The third-order valence-electron chi connectivity index (χ3n) is 5.98. The molecule has 1 N–H and O–H groups in total. The van der Waals surface area contributed by atoms with Gasteiger partial charge in [0.05, 0.1) is 24.1 Å². The molecule has 1 aliphatic heterocycles. The number of rotatable bonds is 5. The van der Waals surface area contributed by atoms with Crippen LogP contribution >= 0.6 is 0 Å². The molecule has 1 fully saturated rings. The summed E-state index contributed by atoms with van der Waals surface area (Å²) in [6.45, 7) is 1.37. The van der Waals surface area contributed by atoms with Crippen molar-refractivity contribution in [3.8, 4) is 6.07 Å². The van der Waals surface area contributed by atoms with Crippen LogP contribution in [0, 0.1) is 11.3 Å². The Morgan fingerprint density at radius 1 is 0.867 bits per heavy atom. The van der Waals surface area contributed by atoms with Crippen molar-refractivity contribution in [1.82, 2.24) is 4.90 Å². The second-order valence-corrected chi connectivity index (χ2v) is 7.68. The molecule has 0 aliphatic carbocycles. The van der Waals surface area contributed by atoms with Gasteiger partial charge in [0, 0.05) is 13.1 Å². The zero-order valence-corrected chi connectivity index (χ0v) is 17.0. The molecule has 0 radical (unpaired) electrons.